The molecule has 5 heteroatoms. The quantitative estimate of drug-likeness (QED) is 0.493. The Bertz CT molecular complexity index is 788. The first-order chi connectivity index (χ1) is 11.5. The summed E-state index contributed by atoms with van der Waals surface area (Å²) in [6.45, 7) is 0. The van der Waals surface area contributed by atoms with Gasteiger partial charge in [-0.1, -0.05) is 24.3 Å². The first-order valence-electron chi connectivity index (χ1n) is 7.60. The number of ether oxygens (including phenoxy) is 1. The van der Waals surface area contributed by atoms with E-state index in [2.05, 4.69) is 5.10 Å². The number of ketones is 2. The lowest BCUT2D eigenvalue weighted by molar-refractivity contribution is 0.0883. The van der Waals surface area contributed by atoms with Crippen LogP contribution >= 0.6 is 0 Å². The Balaban J connectivity index is 2.08. The molecule has 0 bridgehead atoms. The van der Waals surface area contributed by atoms with Crippen molar-refractivity contribution in [1.29, 1.82) is 0 Å². The molecule has 1 aliphatic rings. The summed E-state index contributed by atoms with van der Waals surface area (Å²) < 4.78 is 5.16. The molecule has 0 saturated heterocycles. The third kappa shape index (κ3) is 2.69. The summed E-state index contributed by atoms with van der Waals surface area (Å²) in [5, 5.41) is 6.04. The average Bonchev–Trinajstić information content (AvgIpc) is 2.84. The second-order valence-corrected chi connectivity index (χ2v) is 5.77. The lowest BCUT2D eigenvalue weighted by atomic mass is 9.92. The Hall–Kier alpha value is -2.95. The van der Waals surface area contributed by atoms with E-state index < -0.39 is 5.92 Å². The molecule has 0 unspecified atom stereocenters. The Morgan fingerprint density at radius 3 is 1.96 bits per heavy atom. The highest BCUT2D eigenvalue weighted by Gasteiger charge is 2.42. The number of carbonyl (C=O) groups is 2. The molecule has 0 N–H and O–H groups in total. The Morgan fingerprint density at radius 1 is 0.958 bits per heavy atom. The summed E-state index contributed by atoms with van der Waals surface area (Å²) in [4.78, 5) is 25.6. The van der Waals surface area contributed by atoms with Gasteiger partial charge >= 0.3 is 0 Å². The number of nitrogens with zero attached hydrogens (tertiary/aromatic N) is 2. The minimum absolute atomic E-state index is 0.202. The number of fused-ring (bicyclic) bond motifs is 1. The van der Waals surface area contributed by atoms with Crippen molar-refractivity contribution < 1.29 is 14.3 Å². The van der Waals surface area contributed by atoms with Crippen molar-refractivity contribution in [1.82, 2.24) is 5.01 Å². The maximum Gasteiger partial charge on any atom is 0.180 e. The van der Waals surface area contributed by atoms with Crippen molar-refractivity contribution in [3.05, 3.63) is 65.2 Å². The fourth-order valence-electron chi connectivity index (χ4n) is 2.85. The molecule has 0 heterocycles. The molecule has 5 nitrogen and oxygen atoms in total. The zero-order chi connectivity index (χ0) is 17.3. The van der Waals surface area contributed by atoms with Crippen LogP contribution in [0, 0.1) is 5.92 Å². The maximum absolute atomic E-state index is 12.8. The van der Waals surface area contributed by atoms with Crippen molar-refractivity contribution in [2.75, 3.05) is 21.2 Å². The van der Waals surface area contributed by atoms with E-state index in [0.29, 0.717) is 22.6 Å². The van der Waals surface area contributed by atoms with Gasteiger partial charge in [-0.15, -0.1) is 0 Å². The van der Waals surface area contributed by atoms with Crippen LogP contribution < -0.4 is 4.74 Å². The van der Waals surface area contributed by atoms with E-state index in [1.165, 1.54) is 0 Å². The van der Waals surface area contributed by atoms with Crippen LogP contribution in [-0.4, -0.2) is 43.5 Å². The zero-order valence-electron chi connectivity index (χ0n) is 13.8. The van der Waals surface area contributed by atoms with Gasteiger partial charge in [0.1, 0.15) is 11.7 Å². The molecule has 122 valence electrons. The SMILES string of the molecule is COc1ccc(/C(=N\N(C)C)C2C(=O)c3ccccc3C2=O)cc1. The molecule has 0 saturated carbocycles. The van der Waals surface area contributed by atoms with Crippen molar-refractivity contribution in [3.63, 3.8) is 0 Å². The van der Waals surface area contributed by atoms with Crippen LogP contribution in [-0.2, 0) is 0 Å². The number of hydrogen-bond acceptors (Lipinski definition) is 5. The van der Waals surface area contributed by atoms with Gasteiger partial charge < -0.3 is 9.75 Å². The highest BCUT2D eigenvalue weighted by atomic mass is 16.5. The van der Waals surface area contributed by atoms with Crippen LogP contribution in [0.2, 0.25) is 0 Å². The normalized spacial score (nSPS) is 14.7. The van der Waals surface area contributed by atoms with Gasteiger partial charge in [0.05, 0.1) is 12.8 Å². The first kappa shape index (κ1) is 15.9. The summed E-state index contributed by atoms with van der Waals surface area (Å²) in [5.41, 5.74) is 2.11. The van der Waals surface area contributed by atoms with Crippen molar-refractivity contribution in [2.24, 2.45) is 11.0 Å². The number of Topliss-reactive ketones (excluding diaryl/α,β-unsaturated/α-hetero) is 2. The first-order valence-corrected chi connectivity index (χ1v) is 7.60. The minimum atomic E-state index is -0.904. The van der Waals surface area contributed by atoms with Gasteiger partial charge in [-0.05, 0) is 29.8 Å². The molecule has 0 radical (unpaired) electrons. The molecule has 0 aliphatic heterocycles. The monoisotopic (exact) mass is 322 g/mol. The molecule has 2 aromatic carbocycles. The lowest BCUT2D eigenvalue weighted by Gasteiger charge is -2.15. The Labute approximate surface area is 140 Å². The molecular formula is C19H18N2O3. The molecule has 0 atom stereocenters. The van der Waals surface area contributed by atoms with E-state index in [9.17, 15) is 9.59 Å². The summed E-state index contributed by atoms with van der Waals surface area (Å²) in [6.07, 6.45) is 0. The van der Waals surface area contributed by atoms with E-state index in [1.807, 2.05) is 12.1 Å². The van der Waals surface area contributed by atoms with Crippen LogP contribution in [0.25, 0.3) is 0 Å². The summed E-state index contributed by atoms with van der Waals surface area (Å²) in [6, 6.07) is 14.1. The fraction of sp³-hybridized carbons (Fsp3) is 0.211. The van der Waals surface area contributed by atoms with Gasteiger partial charge in [0.25, 0.3) is 0 Å². The van der Waals surface area contributed by atoms with E-state index in [0.717, 1.165) is 5.56 Å². The van der Waals surface area contributed by atoms with E-state index in [4.69, 9.17) is 4.74 Å². The average molecular weight is 322 g/mol. The van der Waals surface area contributed by atoms with Crippen LogP contribution in [0.4, 0.5) is 0 Å². The topological polar surface area (TPSA) is 59.0 Å². The van der Waals surface area contributed by atoms with Gasteiger partial charge in [0.15, 0.2) is 11.6 Å². The minimum Gasteiger partial charge on any atom is -0.497 e. The number of rotatable bonds is 4. The second kappa shape index (κ2) is 6.28. The van der Waals surface area contributed by atoms with Crippen molar-refractivity contribution in [2.45, 2.75) is 0 Å². The van der Waals surface area contributed by atoms with E-state index >= 15 is 0 Å². The van der Waals surface area contributed by atoms with Crippen LogP contribution in [0.5, 0.6) is 5.75 Å². The van der Waals surface area contributed by atoms with Crippen LogP contribution in [0.3, 0.4) is 0 Å². The largest absolute Gasteiger partial charge is 0.497 e. The smallest absolute Gasteiger partial charge is 0.180 e. The van der Waals surface area contributed by atoms with Crippen LogP contribution in [0.15, 0.2) is 53.6 Å². The molecule has 3 rings (SSSR count). The number of carbonyl (C=O) groups excluding carboxylic acids is 2. The molecular weight excluding hydrogens is 304 g/mol. The van der Waals surface area contributed by atoms with Gasteiger partial charge in [0.2, 0.25) is 0 Å². The van der Waals surface area contributed by atoms with Crippen molar-refractivity contribution >= 4 is 17.3 Å². The van der Waals surface area contributed by atoms with Gasteiger partial charge in [-0.25, -0.2) is 0 Å². The summed E-state index contributed by atoms with van der Waals surface area (Å²) in [7, 11) is 5.12. The molecule has 0 amide bonds. The Morgan fingerprint density at radius 2 is 1.50 bits per heavy atom. The predicted molar refractivity (Wildman–Crippen MR) is 91.8 cm³/mol. The third-order valence-corrected chi connectivity index (χ3v) is 3.95. The zero-order valence-corrected chi connectivity index (χ0v) is 13.8. The molecule has 0 fully saturated rings. The number of hydrogen-bond donors (Lipinski definition) is 0. The summed E-state index contributed by atoms with van der Waals surface area (Å²) >= 11 is 0. The van der Waals surface area contributed by atoms with Crippen LogP contribution in [0.1, 0.15) is 26.3 Å². The van der Waals surface area contributed by atoms with Gasteiger partial charge in [-0.2, -0.15) is 5.10 Å². The fourth-order valence-corrected chi connectivity index (χ4v) is 2.85. The standard InChI is InChI=1S/C19H18N2O3/c1-21(2)20-17(12-8-10-13(24-3)11-9-12)16-18(22)14-6-4-5-7-15(14)19(16)23/h4-11,16H,1-3H3/b20-17+. The summed E-state index contributed by atoms with van der Waals surface area (Å²) in [5.74, 6) is -0.604. The molecule has 2 aromatic rings. The maximum atomic E-state index is 12.8. The number of hydrazone groups is 1. The highest BCUT2D eigenvalue weighted by molar-refractivity contribution is 6.38. The number of methoxy groups -OCH3 is 1. The lowest BCUT2D eigenvalue weighted by Crippen LogP contribution is -2.28. The van der Waals surface area contributed by atoms with E-state index in [-0.39, 0.29) is 11.6 Å². The Kier molecular flexibility index (Phi) is 4.16. The number of benzene rings is 2. The van der Waals surface area contributed by atoms with Crippen molar-refractivity contribution in [3.8, 4) is 5.75 Å². The third-order valence-electron chi connectivity index (χ3n) is 3.95. The molecule has 24 heavy (non-hydrogen) atoms. The molecule has 0 aromatic heterocycles. The van der Waals surface area contributed by atoms with E-state index in [1.54, 1.807) is 62.6 Å². The van der Waals surface area contributed by atoms with Gasteiger partial charge in [-0.3, -0.25) is 9.59 Å². The van der Waals surface area contributed by atoms with Gasteiger partial charge in [0, 0.05) is 25.2 Å². The predicted octanol–water partition coefficient (Wildman–Crippen LogP) is 2.66. The highest BCUT2D eigenvalue weighted by Crippen LogP contribution is 2.30. The second-order valence-electron chi connectivity index (χ2n) is 5.77. The molecule has 0 spiro atoms. The molecule has 1 aliphatic carbocycles.